The van der Waals surface area contributed by atoms with E-state index >= 15 is 0 Å². The summed E-state index contributed by atoms with van der Waals surface area (Å²) in [6.07, 6.45) is 1.42. The van der Waals surface area contributed by atoms with Crippen molar-refractivity contribution in [3.63, 3.8) is 0 Å². The van der Waals surface area contributed by atoms with E-state index in [-0.39, 0.29) is 11.3 Å². The molecule has 0 amide bonds. The molecule has 0 aliphatic carbocycles. The van der Waals surface area contributed by atoms with Crippen LogP contribution in [0, 0.1) is 10.1 Å². The van der Waals surface area contributed by atoms with Crippen molar-refractivity contribution in [2.45, 2.75) is 0 Å². The Morgan fingerprint density at radius 2 is 2.05 bits per heavy atom. The van der Waals surface area contributed by atoms with E-state index in [0.29, 0.717) is 0 Å². The normalized spacial score (nSPS) is 10.5. The number of non-ortho nitro benzene ring substituents is 1. The van der Waals surface area contributed by atoms with Gasteiger partial charge in [-0.15, -0.1) is 11.3 Å². The lowest BCUT2D eigenvalue weighted by Crippen LogP contribution is -2.01. The Morgan fingerprint density at radius 1 is 1.32 bits per heavy atom. The van der Waals surface area contributed by atoms with Crippen molar-refractivity contribution in [1.29, 1.82) is 0 Å². The number of nitro groups is 1. The molecule has 1 heterocycles. The van der Waals surface area contributed by atoms with E-state index in [9.17, 15) is 14.9 Å². The first-order valence-corrected chi connectivity index (χ1v) is 6.07. The highest BCUT2D eigenvalue weighted by atomic mass is 32.1. The van der Waals surface area contributed by atoms with Crippen molar-refractivity contribution < 1.29 is 14.6 Å². The average molecular weight is 276 g/mol. The molecule has 0 atom stereocenters. The minimum Gasteiger partial charge on any atom is -0.313 e. The van der Waals surface area contributed by atoms with Gasteiger partial charge in [-0.25, -0.2) is 4.79 Å². The summed E-state index contributed by atoms with van der Waals surface area (Å²) in [6, 6.07) is 8.79. The number of rotatable bonds is 4. The monoisotopic (exact) mass is 276 g/mol. The zero-order valence-corrected chi connectivity index (χ0v) is 10.4. The molecule has 7 heteroatoms. The first-order chi connectivity index (χ1) is 9.16. The third-order valence-electron chi connectivity index (χ3n) is 2.17. The fourth-order valence-electron chi connectivity index (χ4n) is 1.26. The SMILES string of the molecule is O=C(O/N=C/c1cccs1)c1ccc([N+](=O)[O-])cc1. The Balaban J connectivity index is 1.98. The third-order valence-corrected chi connectivity index (χ3v) is 2.98. The zero-order chi connectivity index (χ0) is 13.7. The van der Waals surface area contributed by atoms with Crippen molar-refractivity contribution >= 4 is 29.2 Å². The molecule has 0 bridgehead atoms. The van der Waals surface area contributed by atoms with Crippen LogP contribution >= 0.6 is 11.3 Å². The van der Waals surface area contributed by atoms with Crippen molar-refractivity contribution in [2.24, 2.45) is 5.16 Å². The summed E-state index contributed by atoms with van der Waals surface area (Å²) in [5, 5.41) is 15.9. The second-order valence-electron chi connectivity index (χ2n) is 3.43. The van der Waals surface area contributed by atoms with Crippen LogP contribution in [0.3, 0.4) is 0 Å². The molecule has 0 unspecified atom stereocenters. The Bertz CT molecular complexity index is 605. The van der Waals surface area contributed by atoms with Gasteiger partial charge >= 0.3 is 5.97 Å². The summed E-state index contributed by atoms with van der Waals surface area (Å²) >= 11 is 1.46. The number of hydrogen-bond donors (Lipinski definition) is 0. The smallest absolute Gasteiger partial charge is 0.313 e. The van der Waals surface area contributed by atoms with Crippen molar-refractivity contribution in [3.8, 4) is 0 Å². The van der Waals surface area contributed by atoms with Gasteiger partial charge in [0.1, 0.15) is 0 Å². The van der Waals surface area contributed by atoms with Crippen molar-refractivity contribution in [3.05, 3.63) is 62.3 Å². The fourth-order valence-corrected chi connectivity index (χ4v) is 1.84. The molecule has 2 rings (SSSR count). The Labute approximate surface area is 112 Å². The average Bonchev–Trinajstić information content (AvgIpc) is 2.92. The lowest BCUT2D eigenvalue weighted by Gasteiger charge is -1.97. The van der Waals surface area contributed by atoms with Crippen LogP contribution in [0.1, 0.15) is 15.2 Å². The molecule has 96 valence electrons. The van der Waals surface area contributed by atoms with Gasteiger partial charge in [0, 0.05) is 17.0 Å². The molecule has 0 spiro atoms. The largest absolute Gasteiger partial charge is 0.365 e. The van der Waals surface area contributed by atoms with Crippen LogP contribution < -0.4 is 0 Å². The van der Waals surface area contributed by atoms with E-state index in [1.54, 1.807) is 0 Å². The summed E-state index contributed by atoms with van der Waals surface area (Å²) in [7, 11) is 0. The van der Waals surface area contributed by atoms with Crippen LogP contribution in [-0.4, -0.2) is 17.1 Å². The summed E-state index contributed by atoms with van der Waals surface area (Å²) in [5.41, 5.74) is 0.118. The number of nitro benzene ring substituents is 1. The highest BCUT2D eigenvalue weighted by molar-refractivity contribution is 7.11. The van der Waals surface area contributed by atoms with Gasteiger partial charge < -0.3 is 4.84 Å². The van der Waals surface area contributed by atoms with Gasteiger partial charge in [0.05, 0.1) is 16.7 Å². The van der Waals surface area contributed by atoms with Crippen molar-refractivity contribution in [1.82, 2.24) is 0 Å². The summed E-state index contributed by atoms with van der Waals surface area (Å²) in [6.45, 7) is 0. The van der Waals surface area contributed by atoms with Gasteiger partial charge in [0.15, 0.2) is 0 Å². The topological polar surface area (TPSA) is 81.8 Å². The van der Waals surface area contributed by atoms with Crippen LogP contribution in [0.2, 0.25) is 0 Å². The minimum atomic E-state index is -0.664. The molecule has 0 saturated heterocycles. The van der Waals surface area contributed by atoms with Crippen LogP contribution in [0.25, 0.3) is 0 Å². The number of hydrogen-bond acceptors (Lipinski definition) is 6. The van der Waals surface area contributed by atoms with E-state index in [2.05, 4.69) is 9.99 Å². The van der Waals surface area contributed by atoms with E-state index in [4.69, 9.17) is 0 Å². The number of carbonyl (C=O) groups excluding carboxylic acids is 1. The van der Waals surface area contributed by atoms with E-state index in [0.717, 1.165) is 4.88 Å². The summed E-state index contributed by atoms with van der Waals surface area (Å²) in [4.78, 5) is 27.0. The van der Waals surface area contributed by atoms with E-state index in [1.165, 1.54) is 41.8 Å². The molecule has 2 aromatic rings. The van der Waals surface area contributed by atoms with Gasteiger partial charge in [-0.1, -0.05) is 11.2 Å². The summed E-state index contributed by atoms with van der Waals surface area (Å²) < 4.78 is 0. The van der Waals surface area contributed by atoms with Crippen LogP contribution in [0.4, 0.5) is 5.69 Å². The number of nitrogens with zero attached hydrogens (tertiary/aromatic N) is 2. The lowest BCUT2D eigenvalue weighted by molar-refractivity contribution is -0.384. The predicted octanol–water partition coefficient (Wildman–Crippen LogP) is 2.85. The van der Waals surface area contributed by atoms with Crippen LogP contribution in [-0.2, 0) is 4.84 Å². The molecular formula is C12H8N2O4S. The number of thiophene rings is 1. The first kappa shape index (κ1) is 12.9. The molecule has 0 N–H and O–H groups in total. The van der Waals surface area contributed by atoms with Gasteiger partial charge in [0.25, 0.3) is 5.69 Å². The van der Waals surface area contributed by atoms with Crippen LogP contribution in [0.5, 0.6) is 0 Å². The maximum Gasteiger partial charge on any atom is 0.365 e. The third kappa shape index (κ3) is 3.46. The maximum atomic E-state index is 11.6. The lowest BCUT2D eigenvalue weighted by atomic mass is 10.2. The maximum absolute atomic E-state index is 11.6. The van der Waals surface area contributed by atoms with Crippen LogP contribution in [0.15, 0.2) is 46.9 Å². The molecule has 0 saturated carbocycles. The Kier molecular flexibility index (Phi) is 3.99. The first-order valence-electron chi connectivity index (χ1n) is 5.19. The van der Waals surface area contributed by atoms with Gasteiger partial charge in [-0.2, -0.15) is 0 Å². The van der Waals surface area contributed by atoms with E-state index < -0.39 is 10.9 Å². The highest BCUT2D eigenvalue weighted by Crippen LogP contribution is 2.12. The van der Waals surface area contributed by atoms with Gasteiger partial charge in [-0.05, 0) is 23.6 Å². The molecule has 6 nitrogen and oxygen atoms in total. The highest BCUT2D eigenvalue weighted by Gasteiger charge is 2.10. The Hall–Kier alpha value is -2.54. The second-order valence-corrected chi connectivity index (χ2v) is 4.41. The fraction of sp³-hybridized carbons (Fsp3) is 0. The molecule has 1 aromatic heterocycles. The quantitative estimate of drug-likeness (QED) is 0.372. The molecule has 0 aliphatic heterocycles. The van der Waals surface area contributed by atoms with Crippen molar-refractivity contribution in [2.75, 3.05) is 0 Å². The Morgan fingerprint density at radius 3 is 2.63 bits per heavy atom. The minimum absolute atomic E-state index is 0.0846. The number of benzene rings is 1. The zero-order valence-electron chi connectivity index (χ0n) is 9.55. The molecule has 19 heavy (non-hydrogen) atoms. The molecule has 0 aliphatic rings. The molecule has 0 radical (unpaired) electrons. The number of oxime groups is 1. The molecule has 0 fully saturated rings. The molecular weight excluding hydrogens is 268 g/mol. The standard InChI is InChI=1S/C12H8N2O4S/c15-12(18-13-8-11-2-1-7-19-11)9-3-5-10(6-4-9)14(16)17/h1-8H/b13-8+. The number of carbonyl (C=O) groups is 1. The van der Waals surface area contributed by atoms with Gasteiger partial charge in [-0.3, -0.25) is 10.1 Å². The summed E-state index contributed by atoms with van der Waals surface area (Å²) in [5.74, 6) is -0.664. The second kappa shape index (κ2) is 5.87. The van der Waals surface area contributed by atoms with E-state index in [1.807, 2.05) is 17.5 Å². The van der Waals surface area contributed by atoms with Gasteiger partial charge in [0.2, 0.25) is 0 Å². The molecule has 1 aromatic carbocycles. The predicted molar refractivity (Wildman–Crippen MR) is 70.4 cm³/mol.